The number of rotatable bonds is 4. The molecule has 0 spiro atoms. The molecule has 1 heterocycles. The van der Waals surface area contributed by atoms with Crippen LogP contribution in [-0.2, 0) is 9.84 Å². The molecule has 0 aromatic rings. The molecule has 78 valence electrons. The van der Waals surface area contributed by atoms with Crippen molar-refractivity contribution in [1.82, 2.24) is 5.32 Å². The van der Waals surface area contributed by atoms with Crippen LogP contribution in [0.3, 0.4) is 0 Å². The summed E-state index contributed by atoms with van der Waals surface area (Å²) < 4.78 is 22.3. The number of hydrogen-bond donors (Lipinski definition) is 1. The Morgan fingerprint density at radius 1 is 1.38 bits per heavy atom. The summed E-state index contributed by atoms with van der Waals surface area (Å²) in [5, 5.41) is 3.39. The minimum absolute atomic E-state index is 0.204. The first-order valence-corrected chi connectivity index (χ1v) is 6.86. The molecule has 13 heavy (non-hydrogen) atoms. The number of hydrogen-bond acceptors (Lipinski definition) is 3. The predicted octanol–water partition coefficient (Wildman–Crippen LogP) is 0.952. The van der Waals surface area contributed by atoms with Gasteiger partial charge in [0, 0.05) is 12.1 Å². The monoisotopic (exact) mass is 205 g/mol. The van der Waals surface area contributed by atoms with Gasteiger partial charge >= 0.3 is 0 Å². The molecule has 1 fully saturated rings. The highest BCUT2D eigenvalue weighted by molar-refractivity contribution is 7.91. The SMILES string of the molecule is CCC(CC)N[C@H]1CCS(=O)(=O)C1. The minimum Gasteiger partial charge on any atom is -0.310 e. The molecule has 0 radical (unpaired) electrons. The van der Waals surface area contributed by atoms with Crippen LogP contribution in [0.5, 0.6) is 0 Å². The second-order valence-electron chi connectivity index (χ2n) is 3.78. The van der Waals surface area contributed by atoms with Crippen LogP contribution in [0.2, 0.25) is 0 Å². The Kier molecular flexibility index (Phi) is 3.74. The molecular weight excluding hydrogens is 186 g/mol. The molecule has 0 bridgehead atoms. The van der Waals surface area contributed by atoms with Crippen LogP contribution in [0, 0.1) is 0 Å². The summed E-state index contributed by atoms with van der Waals surface area (Å²) in [6.45, 7) is 4.26. The van der Waals surface area contributed by atoms with E-state index < -0.39 is 9.84 Å². The first kappa shape index (κ1) is 11.0. The summed E-state index contributed by atoms with van der Waals surface area (Å²) in [5.74, 6) is 0.703. The summed E-state index contributed by atoms with van der Waals surface area (Å²) in [4.78, 5) is 0. The van der Waals surface area contributed by atoms with Crippen molar-refractivity contribution in [3.8, 4) is 0 Å². The Bertz CT molecular complexity index is 244. The van der Waals surface area contributed by atoms with E-state index in [2.05, 4.69) is 19.2 Å². The molecule has 1 saturated heterocycles. The fourth-order valence-corrected chi connectivity index (χ4v) is 3.47. The van der Waals surface area contributed by atoms with E-state index in [1.54, 1.807) is 0 Å². The Morgan fingerprint density at radius 3 is 2.38 bits per heavy atom. The summed E-state index contributed by atoms with van der Waals surface area (Å²) >= 11 is 0. The van der Waals surface area contributed by atoms with Gasteiger partial charge in [-0.15, -0.1) is 0 Å². The highest BCUT2D eigenvalue weighted by atomic mass is 32.2. The van der Waals surface area contributed by atoms with Crippen molar-refractivity contribution >= 4 is 9.84 Å². The molecule has 3 nitrogen and oxygen atoms in total. The van der Waals surface area contributed by atoms with Crippen molar-refractivity contribution in [3.05, 3.63) is 0 Å². The van der Waals surface area contributed by atoms with Crippen LogP contribution in [0.4, 0.5) is 0 Å². The Balaban J connectivity index is 2.39. The summed E-state index contributed by atoms with van der Waals surface area (Å²) in [6.07, 6.45) is 2.94. The lowest BCUT2D eigenvalue weighted by atomic mass is 10.1. The van der Waals surface area contributed by atoms with Gasteiger partial charge in [0.25, 0.3) is 0 Å². The van der Waals surface area contributed by atoms with Crippen LogP contribution in [-0.4, -0.2) is 32.0 Å². The molecule has 0 aliphatic carbocycles. The molecule has 1 N–H and O–H groups in total. The van der Waals surface area contributed by atoms with Crippen LogP contribution in [0.25, 0.3) is 0 Å². The van der Waals surface area contributed by atoms with Crippen molar-refractivity contribution in [1.29, 1.82) is 0 Å². The lowest BCUT2D eigenvalue weighted by molar-refractivity contribution is 0.428. The first-order valence-electron chi connectivity index (χ1n) is 5.04. The van der Waals surface area contributed by atoms with Gasteiger partial charge in [0.05, 0.1) is 11.5 Å². The Morgan fingerprint density at radius 2 is 2.00 bits per heavy atom. The topological polar surface area (TPSA) is 46.2 Å². The van der Waals surface area contributed by atoms with Gasteiger partial charge in [-0.2, -0.15) is 0 Å². The zero-order valence-corrected chi connectivity index (χ0v) is 9.23. The van der Waals surface area contributed by atoms with E-state index in [1.165, 1.54) is 0 Å². The maximum absolute atomic E-state index is 11.2. The maximum atomic E-state index is 11.2. The molecule has 4 heteroatoms. The smallest absolute Gasteiger partial charge is 0.151 e. The largest absolute Gasteiger partial charge is 0.310 e. The fraction of sp³-hybridized carbons (Fsp3) is 1.00. The Labute approximate surface area is 80.8 Å². The van der Waals surface area contributed by atoms with Crippen molar-refractivity contribution in [2.45, 2.75) is 45.2 Å². The highest BCUT2D eigenvalue weighted by Gasteiger charge is 2.28. The van der Waals surface area contributed by atoms with E-state index in [1.807, 2.05) is 0 Å². The van der Waals surface area contributed by atoms with Crippen LogP contribution < -0.4 is 5.32 Å². The van der Waals surface area contributed by atoms with Gasteiger partial charge < -0.3 is 5.32 Å². The summed E-state index contributed by atoms with van der Waals surface area (Å²) in [5.41, 5.74) is 0. The summed E-state index contributed by atoms with van der Waals surface area (Å²) in [7, 11) is -2.72. The van der Waals surface area contributed by atoms with Gasteiger partial charge in [0.15, 0.2) is 9.84 Å². The quantitative estimate of drug-likeness (QED) is 0.743. The fourth-order valence-electron chi connectivity index (χ4n) is 1.78. The Hall–Kier alpha value is -0.0900. The molecule has 0 aromatic heterocycles. The average molecular weight is 205 g/mol. The highest BCUT2D eigenvalue weighted by Crippen LogP contribution is 2.13. The molecule has 1 atom stereocenters. The van der Waals surface area contributed by atoms with Gasteiger partial charge in [0.1, 0.15) is 0 Å². The van der Waals surface area contributed by atoms with E-state index in [-0.39, 0.29) is 6.04 Å². The maximum Gasteiger partial charge on any atom is 0.151 e. The van der Waals surface area contributed by atoms with Crippen LogP contribution >= 0.6 is 0 Å². The van der Waals surface area contributed by atoms with E-state index in [0.29, 0.717) is 17.5 Å². The van der Waals surface area contributed by atoms with Gasteiger partial charge in [-0.25, -0.2) is 8.42 Å². The van der Waals surface area contributed by atoms with Crippen molar-refractivity contribution in [2.24, 2.45) is 0 Å². The zero-order chi connectivity index (χ0) is 9.90. The molecule has 0 saturated carbocycles. The lowest BCUT2D eigenvalue weighted by Gasteiger charge is -2.19. The summed E-state index contributed by atoms with van der Waals surface area (Å²) in [6, 6.07) is 0.688. The third-order valence-electron chi connectivity index (χ3n) is 2.69. The standard InChI is InChI=1S/C9H19NO2S/c1-3-8(4-2)10-9-5-6-13(11,12)7-9/h8-10H,3-7H2,1-2H3/t9-/m0/s1. The van der Waals surface area contributed by atoms with Crippen molar-refractivity contribution in [2.75, 3.05) is 11.5 Å². The van der Waals surface area contributed by atoms with Gasteiger partial charge in [0.2, 0.25) is 0 Å². The second-order valence-corrected chi connectivity index (χ2v) is 6.01. The van der Waals surface area contributed by atoms with E-state index in [0.717, 1.165) is 19.3 Å². The lowest BCUT2D eigenvalue weighted by Crippen LogP contribution is -2.38. The van der Waals surface area contributed by atoms with Gasteiger partial charge in [-0.3, -0.25) is 0 Å². The number of nitrogens with one attached hydrogen (secondary N) is 1. The second kappa shape index (κ2) is 4.42. The average Bonchev–Trinajstić information content (AvgIpc) is 2.41. The molecule has 0 aromatic carbocycles. The molecular formula is C9H19NO2S. The number of sulfone groups is 1. The molecule has 0 amide bonds. The van der Waals surface area contributed by atoms with E-state index in [4.69, 9.17) is 0 Å². The first-order chi connectivity index (χ1) is 6.07. The van der Waals surface area contributed by atoms with Crippen molar-refractivity contribution in [3.63, 3.8) is 0 Å². The molecule has 1 aliphatic heterocycles. The molecule has 1 rings (SSSR count). The third-order valence-corrected chi connectivity index (χ3v) is 4.46. The molecule has 0 unspecified atom stereocenters. The molecule has 1 aliphatic rings. The third kappa shape index (κ3) is 3.27. The predicted molar refractivity (Wildman–Crippen MR) is 54.6 cm³/mol. The van der Waals surface area contributed by atoms with Gasteiger partial charge in [-0.05, 0) is 19.3 Å². The minimum atomic E-state index is -2.72. The van der Waals surface area contributed by atoms with Crippen molar-refractivity contribution < 1.29 is 8.42 Å². The van der Waals surface area contributed by atoms with Crippen LogP contribution in [0.15, 0.2) is 0 Å². The zero-order valence-electron chi connectivity index (χ0n) is 8.41. The van der Waals surface area contributed by atoms with Gasteiger partial charge in [-0.1, -0.05) is 13.8 Å². The van der Waals surface area contributed by atoms with E-state index >= 15 is 0 Å². The van der Waals surface area contributed by atoms with E-state index in [9.17, 15) is 8.42 Å². The normalized spacial score (nSPS) is 26.8. The van der Waals surface area contributed by atoms with Crippen LogP contribution in [0.1, 0.15) is 33.1 Å².